The van der Waals surface area contributed by atoms with Gasteiger partial charge in [-0.15, -0.1) is 0 Å². The van der Waals surface area contributed by atoms with Gasteiger partial charge in [-0.05, 0) is 80.6 Å². The first-order valence-corrected chi connectivity index (χ1v) is 13.2. The zero-order valence-corrected chi connectivity index (χ0v) is 20.6. The summed E-state index contributed by atoms with van der Waals surface area (Å²) in [7, 11) is 0. The van der Waals surface area contributed by atoms with Crippen molar-refractivity contribution < 1.29 is 23.9 Å². The van der Waals surface area contributed by atoms with E-state index in [4.69, 9.17) is 9.47 Å². The van der Waals surface area contributed by atoms with Crippen LogP contribution in [0.15, 0.2) is 11.6 Å². The van der Waals surface area contributed by atoms with E-state index in [-0.39, 0.29) is 44.8 Å². The summed E-state index contributed by atoms with van der Waals surface area (Å²) in [6.45, 7) is 7.95. The van der Waals surface area contributed by atoms with Crippen molar-refractivity contribution in [2.45, 2.75) is 102 Å². The molecule has 1 spiro atoms. The van der Waals surface area contributed by atoms with Gasteiger partial charge in [0.15, 0.2) is 5.12 Å². The molecule has 5 unspecified atom stereocenters. The lowest BCUT2D eigenvalue weighted by Crippen LogP contribution is -2.58. The zero-order chi connectivity index (χ0) is 22.9. The molecule has 5 aliphatic rings. The van der Waals surface area contributed by atoms with E-state index in [0.717, 1.165) is 51.4 Å². The van der Waals surface area contributed by atoms with Gasteiger partial charge in [0.2, 0.25) is 0 Å². The standard InChI is InChI=1S/C26H36O5S/c1-15(27)30-18-5-9-24(3)17(13-18)14-21(32-16(2)28)23-19(24)6-10-25(4)20(23)7-11-26(25)12-8-22(29)31-26/h13,18-21,23H,5-12,14H2,1-4H3/t18?,19?,20?,21?,23?,24-,25-,26+/m0/s1. The molecule has 3 saturated carbocycles. The summed E-state index contributed by atoms with van der Waals surface area (Å²) in [6.07, 6.45) is 10.5. The van der Waals surface area contributed by atoms with Crippen LogP contribution in [0.2, 0.25) is 0 Å². The molecule has 0 amide bonds. The Morgan fingerprint density at radius 3 is 2.47 bits per heavy atom. The summed E-state index contributed by atoms with van der Waals surface area (Å²) in [4.78, 5) is 36.0. The lowest BCUT2D eigenvalue weighted by atomic mass is 9.46. The van der Waals surface area contributed by atoms with Crippen molar-refractivity contribution in [2.75, 3.05) is 0 Å². The molecule has 5 nitrogen and oxygen atoms in total. The maximum atomic E-state index is 12.3. The number of hydrogen-bond donors (Lipinski definition) is 0. The second-order valence-corrected chi connectivity index (χ2v) is 12.8. The average molecular weight is 461 g/mol. The van der Waals surface area contributed by atoms with Gasteiger partial charge in [-0.25, -0.2) is 0 Å². The lowest BCUT2D eigenvalue weighted by Gasteiger charge is -2.61. The number of ether oxygens (including phenoxy) is 2. The van der Waals surface area contributed by atoms with Gasteiger partial charge in [-0.1, -0.05) is 31.2 Å². The number of carbonyl (C=O) groups excluding carboxylic acids is 3. The van der Waals surface area contributed by atoms with E-state index in [1.54, 1.807) is 6.92 Å². The van der Waals surface area contributed by atoms with Crippen molar-refractivity contribution in [3.63, 3.8) is 0 Å². The Hall–Kier alpha value is -1.30. The molecule has 8 atom stereocenters. The Morgan fingerprint density at radius 2 is 1.81 bits per heavy atom. The van der Waals surface area contributed by atoms with E-state index in [9.17, 15) is 14.4 Å². The second kappa shape index (κ2) is 7.61. The van der Waals surface area contributed by atoms with E-state index in [0.29, 0.717) is 24.2 Å². The molecule has 0 aromatic heterocycles. The number of thioether (sulfide) groups is 1. The summed E-state index contributed by atoms with van der Waals surface area (Å²) in [5, 5.41) is 0.419. The van der Waals surface area contributed by atoms with Gasteiger partial charge in [0, 0.05) is 30.9 Å². The topological polar surface area (TPSA) is 69.7 Å². The Morgan fingerprint density at radius 1 is 1.06 bits per heavy atom. The smallest absolute Gasteiger partial charge is 0.306 e. The highest BCUT2D eigenvalue weighted by atomic mass is 32.2. The van der Waals surface area contributed by atoms with E-state index < -0.39 is 0 Å². The van der Waals surface area contributed by atoms with Crippen LogP contribution >= 0.6 is 11.8 Å². The predicted octanol–water partition coefficient (Wildman–Crippen LogP) is 5.21. The molecule has 1 aliphatic heterocycles. The Bertz CT molecular complexity index is 881. The van der Waals surface area contributed by atoms with Crippen LogP contribution in [0.1, 0.15) is 85.5 Å². The van der Waals surface area contributed by atoms with Crippen LogP contribution in [-0.4, -0.2) is 34.0 Å². The first-order chi connectivity index (χ1) is 15.1. The SMILES string of the molecule is CC(=O)OC1C=C2CC(SC(C)=O)C3C(CC[C@@]4(C)C3CC[C@@]43CCC(=O)O3)[C@@]2(C)CC1. The third kappa shape index (κ3) is 3.22. The van der Waals surface area contributed by atoms with Gasteiger partial charge in [0.25, 0.3) is 0 Å². The lowest BCUT2D eigenvalue weighted by molar-refractivity contribution is -0.167. The number of hydrogen-bond acceptors (Lipinski definition) is 6. The molecule has 1 saturated heterocycles. The normalized spacial score (nSPS) is 47.2. The minimum Gasteiger partial charge on any atom is -0.458 e. The largest absolute Gasteiger partial charge is 0.458 e. The summed E-state index contributed by atoms with van der Waals surface area (Å²) >= 11 is 1.51. The van der Waals surface area contributed by atoms with Gasteiger partial charge in [0.05, 0.1) is 0 Å². The van der Waals surface area contributed by atoms with Crippen LogP contribution < -0.4 is 0 Å². The summed E-state index contributed by atoms with van der Waals surface area (Å²) in [5.74, 6) is 1.19. The molecule has 0 bridgehead atoms. The van der Waals surface area contributed by atoms with Crippen LogP contribution in [0.3, 0.4) is 0 Å². The quantitative estimate of drug-likeness (QED) is 0.416. The van der Waals surface area contributed by atoms with Crippen LogP contribution in [-0.2, 0) is 23.9 Å². The fraction of sp³-hybridized carbons (Fsp3) is 0.808. The van der Waals surface area contributed by atoms with Crippen molar-refractivity contribution in [3.05, 3.63) is 11.6 Å². The van der Waals surface area contributed by atoms with Crippen molar-refractivity contribution in [3.8, 4) is 0 Å². The predicted molar refractivity (Wildman–Crippen MR) is 123 cm³/mol. The molecule has 4 fully saturated rings. The van der Waals surface area contributed by atoms with E-state index >= 15 is 0 Å². The fourth-order valence-electron chi connectivity index (χ4n) is 8.57. The third-order valence-corrected chi connectivity index (χ3v) is 11.2. The van der Waals surface area contributed by atoms with E-state index in [1.807, 2.05) is 0 Å². The van der Waals surface area contributed by atoms with Crippen LogP contribution in [0.4, 0.5) is 0 Å². The monoisotopic (exact) mass is 460 g/mol. The van der Waals surface area contributed by atoms with Gasteiger partial charge < -0.3 is 9.47 Å². The molecule has 5 rings (SSSR count). The van der Waals surface area contributed by atoms with Gasteiger partial charge in [-0.2, -0.15) is 0 Å². The van der Waals surface area contributed by atoms with Crippen molar-refractivity contribution in [1.82, 2.24) is 0 Å². The van der Waals surface area contributed by atoms with Gasteiger partial charge in [-0.3, -0.25) is 14.4 Å². The van der Waals surface area contributed by atoms with Crippen LogP contribution in [0.5, 0.6) is 0 Å². The van der Waals surface area contributed by atoms with Crippen LogP contribution in [0, 0.1) is 28.6 Å². The van der Waals surface area contributed by atoms with E-state index in [2.05, 4.69) is 19.9 Å². The molecule has 0 N–H and O–H groups in total. The summed E-state index contributed by atoms with van der Waals surface area (Å²) in [5.41, 5.74) is 1.19. The molecule has 1 heterocycles. The molecule has 4 aliphatic carbocycles. The number of carbonyl (C=O) groups is 3. The van der Waals surface area contributed by atoms with Crippen molar-refractivity contribution in [1.29, 1.82) is 0 Å². The number of esters is 2. The molecular formula is C26H36O5S. The third-order valence-electron chi connectivity index (χ3n) is 10.0. The first kappa shape index (κ1) is 22.5. The highest BCUT2D eigenvalue weighted by molar-refractivity contribution is 8.14. The number of allylic oxidation sites excluding steroid dienone is 1. The molecule has 0 radical (unpaired) electrons. The summed E-state index contributed by atoms with van der Waals surface area (Å²) < 4.78 is 11.6. The average Bonchev–Trinajstić information content (AvgIpc) is 3.22. The Labute approximate surface area is 195 Å². The number of fused-ring (bicyclic) bond motifs is 6. The minimum absolute atomic E-state index is 0.00243. The molecule has 0 aromatic carbocycles. The van der Waals surface area contributed by atoms with E-state index in [1.165, 1.54) is 24.3 Å². The second-order valence-electron chi connectivity index (χ2n) is 11.4. The zero-order valence-electron chi connectivity index (χ0n) is 19.8. The number of rotatable bonds is 2. The first-order valence-electron chi connectivity index (χ1n) is 12.4. The Kier molecular flexibility index (Phi) is 5.35. The minimum atomic E-state index is -0.296. The molecule has 32 heavy (non-hydrogen) atoms. The van der Waals surface area contributed by atoms with Gasteiger partial charge in [0.1, 0.15) is 11.7 Å². The van der Waals surface area contributed by atoms with Gasteiger partial charge >= 0.3 is 11.9 Å². The van der Waals surface area contributed by atoms with Crippen LogP contribution in [0.25, 0.3) is 0 Å². The molecular weight excluding hydrogens is 424 g/mol. The molecule has 0 aromatic rings. The molecule has 176 valence electrons. The summed E-state index contributed by atoms with van der Waals surface area (Å²) in [6, 6.07) is 0. The fourth-order valence-corrected chi connectivity index (χ4v) is 9.80. The highest BCUT2D eigenvalue weighted by Gasteiger charge is 2.68. The van der Waals surface area contributed by atoms with Crippen molar-refractivity contribution in [2.24, 2.45) is 28.6 Å². The Balaban J connectivity index is 1.51. The van der Waals surface area contributed by atoms with Crippen molar-refractivity contribution >= 4 is 28.8 Å². The molecule has 6 heteroatoms. The highest BCUT2D eigenvalue weighted by Crippen LogP contribution is 2.70. The maximum absolute atomic E-state index is 12.3. The maximum Gasteiger partial charge on any atom is 0.306 e.